The second-order valence-electron chi connectivity index (χ2n) is 8.30. The van der Waals surface area contributed by atoms with Gasteiger partial charge in [-0.1, -0.05) is 12.1 Å². The van der Waals surface area contributed by atoms with Crippen LogP contribution in [-0.4, -0.2) is 36.8 Å². The summed E-state index contributed by atoms with van der Waals surface area (Å²) in [7, 11) is 1.70. The second-order valence-corrected chi connectivity index (χ2v) is 8.30. The first-order valence-electron chi connectivity index (χ1n) is 8.95. The molecule has 0 bridgehead atoms. The number of hydrogen-bond acceptors (Lipinski definition) is 3. The van der Waals surface area contributed by atoms with E-state index in [-0.39, 0.29) is 6.09 Å². The number of likely N-dealkylation sites (tertiary alicyclic amines) is 1. The molecule has 2 atom stereocenters. The van der Waals surface area contributed by atoms with Crippen LogP contribution < -0.4 is 4.74 Å². The van der Waals surface area contributed by atoms with Crippen molar-refractivity contribution in [2.75, 3.05) is 20.2 Å². The van der Waals surface area contributed by atoms with Gasteiger partial charge in [-0.25, -0.2) is 4.79 Å². The summed E-state index contributed by atoms with van der Waals surface area (Å²) in [6.07, 6.45) is 3.42. The van der Waals surface area contributed by atoms with Crippen LogP contribution in [0.4, 0.5) is 4.79 Å². The predicted molar refractivity (Wildman–Crippen MR) is 94.2 cm³/mol. The number of nitrogens with zero attached hydrogens (tertiary/aromatic N) is 1. The van der Waals surface area contributed by atoms with Crippen molar-refractivity contribution in [2.45, 2.75) is 45.6 Å². The number of carbonyl (C=O) groups excluding carboxylic acids is 1. The number of benzene rings is 1. The summed E-state index contributed by atoms with van der Waals surface area (Å²) in [5.74, 6) is 2.92. The van der Waals surface area contributed by atoms with E-state index in [1.807, 2.05) is 37.8 Å². The van der Waals surface area contributed by atoms with Crippen molar-refractivity contribution in [1.29, 1.82) is 0 Å². The van der Waals surface area contributed by atoms with Gasteiger partial charge in [0.15, 0.2) is 0 Å². The molecule has 0 spiro atoms. The Hall–Kier alpha value is -1.71. The first-order chi connectivity index (χ1) is 11.3. The van der Waals surface area contributed by atoms with Crippen molar-refractivity contribution in [1.82, 2.24) is 4.90 Å². The van der Waals surface area contributed by atoms with E-state index in [4.69, 9.17) is 9.47 Å². The third kappa shape index (κ3) is 4.03. The van der Waals surface area contributed by atoms with E-state index in [2.05, 4.69) is 12.1 Å². The van der Waals surface area contributed by atoms with Crippen molar-refractivity contribution in [3.8, 4) is 5.75 Å². The number of amides is 1. The van der Waals surface area contributed by atoms with E-state index >= 15 is 0 Å². The van der Waals surface area contributed by atoms with E-state index in [0.717, 1.165) is 31.2 Å². The topological polar surface area (TPSA) is 38.8 Å². The number of carbonyl (C=O) groups is 1. The summed E-state index contributed by atoms with van der Waals surface area (Å²) in [6.45, 7) is 7.49. The van der Waals surface area contributed by atoms with Crippen LogP contribution in [0.15, 0.2) is 24.3 Å². The van der Waals surface area contributed by atoms with E-state index in [1.54, 1.807) is 7.11 Å². The first kappa shape index (κ1) is 17.1. The average molecular weight is 331 g/mol. The molecule has 1 saturated carbocycles. The Kier molecular flexibility index (Phi) is 4.75. The molecule has 1 aromatic rings. The third-order valence-corrected chi connectivity index (χ3v) is 5.18. The Labute approximate surface area is 145 Å². The highest BCUT2D eigenvalue weighted by atomic mass is 16.6. The number of hydrogen-bond donors (Lipinski definition) is 0. The maximum absolute atomic E-state index is 12.2. The molecule has 3 rings (SSSR count). The third-order valence-electron chi connectivity index (χ3n) is 5.18. The molecule has 1 aliphatic carbocycles. The molecule has 2 unspecified atom stereocenters. The molecular formula is C20H29NO3. The van der Waals surface area contributed by atoms with Gasteiger partial charge in [0, 0.05) is 13.1 Å². The summed E-state index contributed by atoms with van der Waals surface area (Å²) in [4.78, 5) is 14.1. The fourth-order valence-electron chi connectivity index (χ4n) is 4.16. The highest BCUT2D eigenvalue weighted by Crippen LogP contribution is 2.43. The van der Waals surface area contributed by atoms with Crippen LogP contribution in [0.3, 0.4) is 0 Å². The van der Waals surface area contributed by atoms with Gasteiger partial charge in [-0.15, -0.1) is 0 Å². The van der Waals surface area contributed by atoms with Gasteiger partial charge in [0.1, 0.15) is 11.4 Å². The van der Waals surface area contributed by atoms with Gasteiger partial charge in [0.05, 0.1) is 7.11 Å². The van der Waals surface area contributed by atoms with Gasteiger partial charge >= 0.3 is 6.09 Å². The lowest BCUT2D eigenvalue weighted by Crippen LogP contribution is -2.36. The fraction of sp³-hybridized carbons (Fsp3) is 0.650. The second kappa shape index (κ2) is 6.66. The predicted octanol–water partition coefficient (Wildman–Crippen LogP) is 4.13. The Balaban J connectivity index is 1.50. The fourth-order valence-corrected chi connectivity index (χ4v) is 4.16. The van der Waals surface area contributed by atoms with Gasteiger partial charge in [-0.05, 0) is 75.5 Å². The van der Waals surface area contributed by atoms with E-state index in [0.29, 0.717) is 11.8 Å². The average Bonchev–Trinajstić information content (AvgIpc) is 3.04. The molecule has 4 heteroatoms. The standard InChI is InChI=1S/C20H29NO3/c1-20(2,3)24-19(22)21-12-16-10-15(11-17(16)13-21)9-14-5-7-18(23-4)8-6-14/h5-8,15-17H,9-13H2,1-4H3. The molecule has 0 N–H and O–H groups in total. The van der Waals surface area contributed by atoms with Crippen LogP contribution in [0.25, 0.3) is 0 Å². The molecule has 1 amide bonds. The number of rotatable bonds is 3. The highest BCUT2D eigenvalue weighted by Gasteiger charge is 2.43. The SMILES string of the molecule is COc1ccc(CC2CC3CN(C(=O)OC(C)(C)C)CC3C2)cc1. The molecule has 1 heterocycles. The Bertz CT molecular complexity index is 562. The lowest BCUT2D eigenvalue weighted by atomic mass is 9.96. The van der Waals surface area contributed by atoms with E-state index in [1.165, 1.54) is 18.4 Å². The lowest BCUT2D eigenvalue weighted by Gasteiger charge is -2.25. The minimum absolute atomic E-state index is 0.149. The smallest absolute Gasteiger partial charge is 0.410 e. The van der Waals surface area contributed by atoms with Crippen molar-refractivity contribution >= 4 is 6.09 Å². The summed E-state index contributed by atoms with van der Waals surface area (Å²) in [5.41, 5.74) is 0.968. The first-order valence-corrected chi connectivity index (χ1v) is 8.95. The molecule has 2 fully saturated rings. The molecule has 1 saturated heterocycles. The molecule has 0 radical (unpaired) electrons. The highest BCUT2D eigenvalue weighted by molar-refractivity contribution is 5.68. The number of fused-ring (bicyclic) bond motifs is 1. The van der Waals surface area contributed by atoms with Gasteiger partial charge in [-0.2, -0.15) is 0 Å². The number of methoxy groups -OCH3 is 1. The molecule has 1 aromatic carbocycles. The minimum atomic E-state index is -0.411. The quantitative estimate of drug-likeness (QED) is 0.836. The number of ether oxygens (including phenoxy) is 2. The molecule has 24 heavy (non-hydrogen) atoms. The summed E-state index contributed by atoms with van der Waals surface area (Å²) in [6, 6.07) is 8.41. The summed E-state index contributed by atoms with van der Waals surface area (Å²) >= 11 is 0. The van der Waals surface area contributed by atoms with Crippen LogP contribution in [0.2, 0.25) is 0 Å². The molecular weight excluding hydrogens is 302 g/mol. The Morgan fingerprint density at radius 1 is 1.12 bits per heavy atom. The zero-order chi connectivity index (χ0) is 17.3. The van der Waals surface area contributed by atoms with Crippen LogP contribution in [0.5, 0.6) is 5.75 Å². The zero-order valence-electron chi connectivity index (χ0n) is 15.2. The normalized spacial score (nSPS) is 26.3. The molecule has 0 aromatic heterocycles. The van der Waals surface area contributed by atoms with Crippen LogP contribution >= 0.6 is 0 Å². The van der Waals surface area contributed by atoms with Crippen LogP contribution in [-0.2, 0) is 11.2 Å². The molecule has 132 valence electrons. The molecule has 2 aliphatic rings. The van der Waals surface area contributed by atoms with Crippen molar-refractivity contribution in [2.24, 2.45) is 17.8 Å². The Morgan fingerprint density at radius 3 is 2.21 bits per heavy atom. The van der Waals surface area contributed by atoms with Gasteiger partial charge < -0.3 is 14.4 Å². The van der Waals surface area contributed by atoms with E-state index < -0.39 is 5.60 Å². The minimum Gasteiger partial charge on any atom is -0.497 e. The Morgan fingerprint density at radius 2 is 1.71 bits per heavy atom. The summed E-state index contributed by atoms with van der Waals surface area (Å²) in [5, 5.41) is 0. The monoisotopic (exact) mass is 331 g/mol. The van der Waals surface area contributed by atoms with Gasteiger partial charge in [0.25, 0.3) is 0 Å². The largest absolute Gasteiger partial charge is 0.497 e. The maximum atomic E-state index is 12.2. The van der Waals surface area contributed by atoms with Crippen molar-refractivity contribution in [3.05, 3.63) is 29.8 Å². The van der Waals surface area contributed by atoms with Crippen LogP contribution in [0, 0.1) is 17.8 Å². The van der Waals surface area contributed by atoms with Crippen molar-refractivity contribution < 1.29 is 14.3 Å². The lowest BCUT2D eigenvalue weighted by molar-refractivity contribution is 0.0277. The molecule has 1 aliphatic heterocycles. The van der Waals surface area contributed by atoms with Crippen LogP contribution in [0.1, 0.15) is 39.2 Å². The molecule has 4 nitrogen and oxygen atoms in total. The van der Waals surface area contributed by atoms with Gasteiger partial charge in [0.2, 0.25) is 0 Å². The zero-order valence-corrected chi connectivity index (χ0v) is 15.2. The van der Waals surface area contributed by atoms with E-state index in [9.17, 15) is 4.79 Å². The maximum Gasteiger partial charge on any atom is 0.410 e. The summed E-state index contributed by atoms with van der Waals surface area (Å²) < 4.78 is 10.7. The van der Waals surface area contributed by atoms with Crippen molar-refractivity contribution in [3.63, 3.8) is 0 Å². The van der Waals surface area contributed by atoms with Gasteiger partial charge in [-0.3, -0.25) is 0 Å².